The van der Waals surface area contributed by atoms with Gasteiger partial charge in [0.25, 0.3) is 0 Å². The number of pyridine rings is 1. The Morgan fingerprint density at radius 1 is 1.26 bits per heavy atom. The number of hydrogen-bond donors (Lipinski definition) is 2. The largest absolute Gasteiger partial charge is 0.439 e. The van der Waals surface area contributed by atoms with Gasteiger partial charge in [-0.2, -0.15) is 0 Å². The summed E-state index contributed by atoms with van der Waals surface area (Å²) in [5.74, 6) is 1.01. The summed E-state index contributed by atoms with van der Waals surface area (Å²) in [6.45, 7) is 3.11. The number of amides is 1. The highest BCUT2D eigenvalue weighted by Gasteiger charge is 2.35. The van der Waals surface area contributed by atoms with Crippen molar-refractivity contribution in [3.05, 3.63) is 48.2 Å². The molecule has 0 aliphatic carbocycles. The molecule has 3 N–H and O–H groups in total. The topological polar surface area (TPSA) is 86.5 Å². The Balaban J connectivity index is 0.00000182. The van der Waals surface area contributed by atoms with Crippen LogP contribution < -0.4 is 15.8 Å². The summed E-state index contributed by atoms with van der Waals surface area (Å²) in [5, 5.41) is 2.82. The Morgan fingerprint density at radius 2 is 2.00 bits per heavy atom. The standard InChI is InChI=1S/C19H23N3O3.2ClH/c1-2-14-4-3-5-16(12-14)25-17-7-6-15(13-21-17)22-18(23)19(20)8-10-24-11-9-19;;/h3-7,12-13H,2,8-11,20H2,1H3,(H,22,23);2*1H. The Hall–Kier alpha value is -1.86. The van der Waals surface area contributed by atoms with Crippen molar-refractivity contribution in [2.45, 2.75) is 31.7 Å². The first-order valence-electron chi connectivity index (χ1n) is 8.50. The highest BCUT2D eigenvalue weighted by atomic mass is 35.5. The zero-order valence-corrected chi connectivity index (χ0v) is 16.8. The molecule has 8 heteroatoms. The molecular weight excluding hydrogens is 389 g/mol. The third-order valence-electron chi connectivity index (χ3n) is 4.36. The van der Waals surface area contributed by atoms with E-state index in [1.165, 1.54) is 5.56 Å². The molecule has 1 aliphatic rings. The molecule has 2 aromatic rings. The molecule has 1 amide bonds. The summed E-state index contributed by atoms with van der Waals surface area (Å²) < 4.78 is 11.0. The van der Waals surface area contributed by atoms with Crippen LogP contribution in [-0.4, -0.2) is 29.6 Å². The Morgan fingerprint density at radius 3 is 2.63 bits per heavy atom. The van der Waals surface area contributed by atoms with Crippen molar-refractivity contribution in [2.24, 2.45) is 5.73 Å². The van der Waals surface area contributed by atoms with Crippen LogP contribution in [-0.2, 0) is 16.0 Å². The molecule has 1 saturated heterocycles. The van der Waals surface area contributed by atoms with Gasteiger partial charge in [-0.25, -0.2) is 4.98 Å². The molecule has 0 bridgehead atoms. The molecular formula is C19H25Cl2N3O3. The predicted molar refractivity (Wildman–Crippen MR) is 110 cm³/mol. The Bertz CT molecular complexity index is 735. The maximum absolute atomic E-state index is 12.4. The lowest BCUT2D eigenvalue weighted by atomic mass is 9.90. The average Bonchev–Trinajstić information content (AvgIpc) is 2.64. The van der Waals surface area contributed by atoms with Crippen LogP contribution in [0.5, 0.6) is 11.6 Å². The van der Waals surface area contributed by atoms with Crippen LogP contribution in [0.4, 0.5) is 5.69 Å². The van der Waals surface area contributed by atoms with Crippen LogP contribution >= 0.6 is 24.8 Å². The van der Waals surface area contributed by atoms with Gasteiger partial charge in [0.05, 0.1) is 11.9 Å². The van der Waals surface area contributed by atoms with Gasteiger partial charge in [0.15, 0.2) is 0 Å². The number of nitrogens with two attached hydrogens (primary N) is 1. The number of carbonyl (C=O) groups excluding carboxylic acids is 1. The zero-order chi connectivity index (χ0) is 17.7. The fraction of sp³-hybridized carbons (Fsp3) is 0.368. The second-order valence-electron chi connectivity index (χ2n) is 6.21. The monoisotopic (exact) mass is 413 g/mol. The first-order valence-corrected chi connectivity index (χ1v) is 8.50. The van der Waals surface area contributed by atoms with E-state index in [1.807, 2.05) is 18.2 Å². The van der Waals surface area contributed by atoms with Crippen molar-refractivity contribution in [1.29, 1.82) is 0 Å². The van der Waals surface area contributed by atoms with Crippen molar-refractivity contribution in [1.82, 2.24) is 4.98 Å². The minimum Gasteiger partial charge on any atom is -0.439 e. The van der Waals surface area contributed by atoms with E-state index < -0.39 is 5.54 Å². The fourth-order valence-electron chi connectivity index (χ4n) is 2.68. The summed E-state index contributed by atoms with van der Waals surface area (Å²) in [6.07, 6.45) is 3.55. The number of halogens is 2. The average molecular weight is 414 g/mol. The summed E-state index contributed by atoms with van der Waals surface area (Å²) in [5.41, 5.74) is 7.09. The van der Waals surface area contributed by atoms with Gasteiger partial charge in [-0.15, -0.1) is 24.8 Å². The van der Waals surface area contributed by atoms with Crippen LogP contribution in [0.1, 0.15) is 25.3 Å². The highest BCUT2D eigenvalue weighted by molar-refractivity contribution is 5.97. The van der Waals surface area contributed by atoms with Gasteiger partial charge in [-0.05, 0) is 43.0 Å². The van der Waals surface area contributed by atoms with Gasteiger partial charge in [0, 0.05) is 19.3 Å². The summed E-state index contributed by atoms with van der Waals surface area (Å²) in [4.78, 5) is 16.6. The molecule has 0 radical (unpaired) electrons. The smallest absolute Gasteiger partial charge is 0.244 e. The molecule has 0 spiro atoms. The number of benzene rings is 1. The molecule has 1 aliphatic heterocycles. The molecule has 27 heavy (non-hydrogen) atoms. The number of aryl methyl sites for hydroxylation is 1. The fourth-order valence-corrected chi connectivity index (χ4v) is 2.68. The van der Waals surface area contributed by atoms with E-state index in [0.717, 1.165) is 12.2 Å². The van der Waals surface area contributed by atoms with Crippen LogP contribution in [0.25, 0.3) is 0 Å². The van der Waals surface area contributed by atoms with E-state index in [9.17, 15) is 4.79 Å². The van der Waals surface area contributed by atoms with Crippen LogP contribution in [0.2, 0.25) is 0 Å². The lowest BCUT2D eigenvalue weighted by molar-refractivity contribution is -0.124. The van der Waals surface area contributed by atoms with Crippen molar-refractivity contribution < 1.29 is 14.3 Å². The number of aromatic nitrogens is 1. The normalized spacial score (nSPS) is 15.0. The van der Waals surface area contributed by atoms with Crippen LogP contribution in [0.15, 0.2) is 42.6 Å². The number of nitrogens with zero attached hydrogens (tertiary/aromatic N) is 1. The van der Waals surface area contributed by atoms with Crippen molar-refractivity contribution in [2.75, 3.05) is 18.5 Å². The van der Waals surface area contributed by atoms with Gasteiger partial charge in [0.2, 0.25) is 11.8 Å². The zero-order valence-electron chi connectivity index (χ0n) is 15.1. The number of ether oxygens (including phenoxy) is 2. The van der Waals surface area contributed by atoms with Crippen molar-refractivity contribution in [3.63, 3.8) is 0 Å². The number of rotatable bonds is 5. The maximum Gasteiger partial charge on any atom is 0.244 e. The first kappa shape index (κ1) is 23.2. The lowest BCUT2D eigenvalue weighted by Crippen LogP contribution is -2.54. The van der Waals surface area contributed by atoms with E-state index in [0.29, 0.717) is 37.6 Å². The van der Waals surface area contributed by atoms with E-state index in [4.69, 9.17) is 15.2 Å². The number of hydrogen-bond acceptors (Lipinski definition) is 5. The van der Waals surface area contributed by atoms with E-state index in [1.54, 1.807) is 18.3 Å². The summed E-state index contributed by atoms with van der Waals surface area (Å²) >= 11 is 0. The molecule has 6 nitrogen and oxygen atoms in total. The summed E-state index contributed by atoms with van der Waals surface area (Å²) in [6, 6.07) is 11.4. The Kier molecular flexibility index (Phi) is 8.99. The molecule has 0 unspecified atom stereocenters. The van der Waals surface area contributed by atoms with Crippen molar-refractivity contribution >= 4 is 36.4 Å². The van der Waals surface area contributed by atoms with Crippen molar-refractivity contribution in [3.8, 4) is 11.6 Å². The molecule has 1 fully saturated rings. The lowest BCUT2D eigenvalue weighted by Gasteiger charge is -2.31. The maximum atomic E-state index is 12.4. The van der Waals surface area contributed by atoms with Gasteiger partial charge in [0.1, 0.15) is 11.3 Å². The van der Waals surface area contributed by atoms with Gasteiger partial charge >= 0.3 is 0 Å². The van der Waals surface area contributed by atoms with E-state index in [-0.39, 0.29) is 30.7 Å². The second-order valence-corrected chi connectivity index (χ2v) is 6.21. The molecule has 0 saturated carbocycles. The molecule has 2 heterocycles. The minimum atomic E-state index is -0.881. The number of carbonyl (C=O) groups is 1. The Labute approximate surface area is 171 Å². The third kappa shape index (κ3) is 6.07. The van der Waals surface area contributed by atoms with Gasteiger partial charge in [-0.1, -0.05) is 19.1 Å². The molecule has 0 atom stereocenters. The van der Waals surface area contributed by atoms with Gasteiger partial charge in [-0.3, -0.25) is 4.79 Å². The molecule has 1 aromatic heterocycles. The van der Waals surface area contributed by atoms with E-state index >= 15 is 0 Å². The quantitative estimate of drug-likeness (QED) is 0.779. The second kappa shape index (κ2) is 10.5. The van der Waals surface area contributed by atoms with Gasteiger partial charge < -0.3 is 20.5 Å². The highest BCUT2D eigenvalue weighted by Crippen LogP contribution is 2.23. The van der Waals surface area contributed by atoms with Crippen LogP contribution in [0, 0.1) is 0 Å². The van der Waals surface area contributed by atoms with E-state index in [2.05, 4.69) is 23.3 Å². The van der Waals surface area contributed by atoms with Crippen LogP contribution in [0.3, 0.4) is 0 Å². The minimum absolute atomic E-state index is 0. The number of anilines is 1. The summed E-state index contributed by atoms with van der Waals surface area (Å²) in [7, 11) is 0. The SMILES string of the molecule is CCc1cccc(Oc2ccc(NC(=O)C3(N)CCOCC3)cn2)c1.Cl.Cl. The predicted octanol–water partition coefficient (Wildman–Crippen LogP) is 3.73. The molecule has 148 valence electrons. The molecule has 3 rings (SSSR count). The molecule has 1 aromatic carbocycles. The number of nitrogens with one attached hydrogen (secondary N) is 1. The third-order valence-corrected chi connectivity index (χ3v) is 4.36. The first-order chi connectivity index (χ1) is 12.1.